The fourth-order valence-corrected chi connectivity index (χ4v) is 2.21. The maximum atomic E-state index is 12.8. The summed E-state index contributed by atoms with van der Waals surface area (Å²) in [6, 6.07) is 9.36. The van der Waals surface area contributed by atoms with Crippen molar-refractivity contribution >= 4 is 35.4 Å². The fourth-order valence-electron chi connectivity index (χ4n) is 2.21. The quantitative estimate of drug-likeness (QED) is 0.430. The second kappa shape index (κ2) is 11.8. The number of nitrogens with two attached hydrogens (primary N) is 1. The largest absolute Gasteiger partial charge is 0.481 e. The number of halogens is 1. The summed E-state index contributed by atoms with van der Waals surface area (Å²) < 4.78 is 12.8. The van der Waals surface area contributed by atoms with Crippen LogP contribution >= 0.6 is 0 Å². The number of nitrogens with one attached hydrogen (secondary N) is 1. The maximum Gasteiger partial charge on any atom is 0.411 e. The minimum atomic E-state index is -1.08. The van der Waals surface area contributed by atoms with E-state index in [2.05, 4.69) is 10.3 Å². The third-order valence-corrected chi connectivity index (χ3v) is 3.68. The summed E-state index contributed by atoms with van der Waals surface area (Å²) in [6.45, 7) is 2.46. The van der Waals surface area contributed by atoms with Gasteiger partial charge in [-0.25, -0.2) is 14.2 Å². The van der Waals surface area contributed by atoms with Gasteiger partial charge in [-0.2, -0.15) is 0 Å². The number of aromatic nitrogens is 1. The molecule has 0 saturated carbocycles. The molecule has 1 aromatic carbocycles. The number of nitrogen functional groups attached to an aromatic ring is 1. The van der Waals surface area contributed by atoms with Crippen LogP contribution < -0.4 is 16.0 Å². The number of amides is 1. The van der Waals surface area contributed by atoms with Crippen molar-refractivity contribution in [1.82, 2.24) is 4.98 Å². The second-order valence-corrected chi connectivity index (χ2v) is 5.90. The summed E-state index contributed by atoms with van der Waals surface area (Å²) in [4.78, 5) is 35.6. The highest BCUT2D eigenvalue weighted by Gasteiger charge is 2.15. The molecule has 0 saturated heterocycles. The predicted molar refractivity (Wildman–Crippen MR) is 108 cm³/mol. The zero-order chi connectivity index (χ0) is 22.7. The van der Waals surface area contributed by atoms with Crippen LogP contribution in [0.4, 0.5) is 26.5 Å². The van der Waals surface area contributed by atoms with Crippen molar-refractivity contribution in [2.75, 3.05) is 22.5 Å². The standard InChI is InChI=1S/C15H17FN4O2.C4H6O4/c1-2-20(15(21)22)12-7-8-13(19-14(12)17)18-9-10-3-5-11(16)6-4-10;5-3(6)1-2-4(7)8/h3-8H,2,9H2,1H3,(H,21,22)(H3,17,18,19);1-2H2,(H,5,6)(H,7,8). The molecule has 0 fully saturated rings. The lowest BCUT2D eigenvalue weighted by Gasteiger charge is -2.19. The molecule has 0 unspecified atom stereocenters. The lowest BCUT2D eigenvalue weighted by Crippen LogP contribution is -2.29. The van der Waals surface area contributed by atoms with Crippen molar-refractivity contribution < 1.29 is 34.1 Å². The number of carbonyl (C=O) groups is 3. The first kappa shape index (κ1) is 24.1. The molecule has 0 aliphatic carbocycles. The Morgan fingerprint density at radius 3 is 2.03 bits per heavy atom. The summed E-state index contributed by atoms with van der Waals surface area (Å²) in [5.41, 5.74) is 7.06. The molecule has 162 valence electrons. The zero-order valence-corrected chi connectivity index (χ0v) is 16.2. The van der Waals surface area contributed by atoms with Gasteiger partial charge in [0.1, 0.15) is 17.5 Å². The second-order valence-electron chi connectivity index (χ2n) is 5.90. The van der Waals surface area contributed by atoms with Crippen LogP contribution in [0.25, 0.3) is 0 Å². The Kier molecular flexibility index (Phi) is 9.53. The zero-order valence-electron chi connectivity index (χ0n) is 16.2. The highest BCUT2D eigenvalue weighted by molar-refractivity contribution is 5.89. The average Bonchev–Trinajstić information content (AvgIpc) is 2.68. The molecule has 0 radical (unpaired) electrons. The van der Waals surface area contributed by atoms with Gasteiger partial charge in [0.25, 0.3) is 0 Å². The molecule has 1 heterocycles. The van der Waals surface area contributed by atoms with Gasteiger partial charge >= 0.3 is 18.0 Å². The van der Waals surface area contributed by atoms with Crippen LogP contribution in [0.15, 0.2) is 36.4 Å². The number of rotatable bonds is 8. The van der Waals surface area contributed by atoms with Crippen LogP contribution in [0.2, 0.25) is 0 Å². The molecule has 0 aliphatic heterocycles. The van der Waals surface area contributed by atoms with E-state index < -0.39 is 18.0 Å². The van der Waals surface area contributed by atoms with E-state index >= 15 is 0 Å². The van der Waals surface area contributed by atoms with Gasteiger partial charge in [0.05, 0.1) is 18.5 Å². The van der Waals surface area contributed by atoms with Crippen LogP contribution in [0, 0.1) is 5.82 Å². The molecule has 6 N–H and O–H groups in total. The molecule has 11 heteroatoms. The van der Waals surface area contributed by atoms with E-state index in [-0.39, 0.29) is 31.0 Å². The number of carboxylic acid groups (broad SMARTS) is 3. The van der Waals surface area contributed by atoms with Crippen molar-refractivity contribution in [3.8, 4) is 0 Å². The monoisotopic (exact) mass is 422 g/mol. The van der Waals surface area contributed by atoms with Crippen LogP contribution in [0.3, 0.4) is 0 Å². The van der Waals surface area contributed by atoms with Crippen molar-refractivity contribution in [3.63, 3.8) is 0 Å². The maximum absolute atomic E-state index is 12.8. The Labute approximate surface area is 171 Å². The Morgan fingerprint density at radius 1 is 1.03 bits per heavy atom. The van der Waals surface area contributed by atoms with Crippen molar-refractivity contribution in [3.05, 3.63) is 47.8 Å². The molecular weight excluding hydrogens is 399 g/mol. The molecule has 0 bridgehead atoms. The Bertz CT molecular complexity index is 862. The highest BCUT2D eigenvalue weighted by Crippen LogP contribution is 2.23. The average molecular weight is 422 g/mol. The number of hydrogen-bond acceptors (Lipinski definition) is 6. The number of aliphatic carboxylic acids is 2. The van der Waals surface area contributed by atoms with Gasteiger partial charge in [-0.05, 0) is 36.8 Å². The number of nitrogens with zero attached hydrogens (tertiary/aromatic N) is 2. The number of pyridine rings is 1. The third kappa shape index (κ3) is 8.42. The summed E-state index contributed by atoms with van der Waals surface area (Å²) in [5, 5.41) is 27.9. The van der Waals surface area contributed by atoms with Crippen LogP contribution in [-0.2, 0) is 16.1 Å². The van der Waals surface area contributed by atoms with Gasteiger partial charge < -0.3 is 26.4 Å². The lowest BCUT2D eigenvalue weighted by atomic mass is 10.2. The van der Waals surface area contributed by atoms with Crippen molar-refractivity contribution in [1.29, 1.82) is 0 Å². The third-order valence-electron chi connectivity index (χ3n) is 3.68. The fraction of sp³-hybridized carbons (Fsp3) is 0.263. The highest BCUT2D eigenvalue weighted by atomic mass is 19.1. The lowest BCUT2D eigenvalue weighted by molar-refractivity contribution is -0.143. The van der Waals surface area contributed by atoms with Crippen LogP contribution in [0.1, 0.15) is 25.3 Å². The minimum Gasteiger partial charge on any atom is -0.481 e. The summed E-state index contributed by atoms with van der Waals surface area (Å²) >= 11 is 0. The summed E-state index contributed by atoms with van der Waals surface area (Å²) in [6.07, 6.45) is -1.67. The molecule has 1 amide bonds. The molecule has 10 nitrogen and oxygen atoms in total. The van der Waals surface area contributed by atoms with E-state index in [0.717, 1.165) is 10.5 Å². The van der Waals surface area contributed by atoms with E-state index in [1.807, 2.05) is 0 Å². The first-order valence-corrected chi connectivity index (χ1v) is 8.82. The molecule has 30 heavy (non-hydrogen) atoms. The van der Waals surface area contributed by atoms with Gasteiger partial charge in [-0.15, -0.1) is 0 Å². The van der Waals surface area contributed by atoms with Crippen molar-refractivity contribution in [2.45, 2.75) is 26.3 Å². The predicted octanol–water partition coefficient (Wildman–Crippen LogP) is 2.86. The SMILES string of the molecule is CCN(C(=O)O)c1ccc(NCc2ccc(F)cc2)nc1N.O=C(O)CCC(=O)O. The van der Waals surface area contributed by atoms with Gasteiger partial charge in [-0.3, -0.25) is 14.5 Å². The summed E-state index contributed by atoms with van der Waals surface area (Å²) in [5.74, 6) is -1.79. The molecule has 0 aliphatic rings. The first-order valence-electron chi connectivity index (χ1n) is 8.82. The van der Waals surface area contributed by atoms with Crippen LogP contribution in [-0.4, -0.2) is 44.9 Å². The first-order chi connectivity index (χ1) is 14.1. The molecule has 0 spiro atoms. The van der Waals surface area contributed by atoms with Gasteiger partial charge in [0.2, 0.25) is 0 Å². The number of carboxylic acids is 2. The van der Waals surface area contributed by atoms with Gasteiger partial charge in [-0.1, -0.05) is 12.1 Å². The number of benzene rings is 1. The van der Waals surface area contributed by atoms with Crippen molar-refractivity contribution in [2.24, 2.45) is 0 Å². The molecule has 2 aromatic rings. The summed E-state index contributed by atoms with van der Waals surface area (Å²) in [7, 11) is 0. The van der Waals surface area contributed by atoms with Gasteiger partial charge in [0, 0.05) is 13.1 Å². The topological polar surface area (TPSA) is 166 Å². The molecule has 1 aromatic heterocycles. The molecule has 2 rings (SSSR count). The van der Waals surface area contributed by atoms with E-state index in [1.54, 1.807) is 31.2 Å². The Morgan fingerprint density at radius 2 is 1.60 bits per heavy atom. The molecular formula is C19H23FN4O6. The van der Waals surface area contributed by atoms with Crippen LogP contribution in [0.5, 0.6) is 0 Å². The van der Waals surface area contributed by atoms with E-state index in [4.69, 9.17) is 21.1 Å². The molecule has 0 atom stereocenters. The van der Waals surface area contributed by atoms with E-state index in [1.165, 1.54) is 12.1 Å². The van der Waals surface area contributed by atoms with Gasteiger partial charge in [0.15, 0.2) is 0 Å². The smallest absolute Gasteiger partial charge is 0.411 e. The number of anilines is 3. The minimum absolute atomic E-state index is 0.133. The van der Waals surface area contributed by atoms with E-state index in [9.17, 15) is 18.8 Å². The number of hydrogen-bond donors (Lipinski definition) is 5. The normalized spacial score (nSPS) is 9.80. The Balaban J connectivity index is 0.000000479. The van der Waals surface area contributed by atoms with E-state index in [0.29, 0.717) is 18.1 Å². The Hall–Kier alpha value is -3.89.